The predicted molar refractivity (Wildman–Crippen MR) is 76.9 cm³/mol. The van der Waals surface area contributed by atoms with E-state index in [1.807, 2.05) is 25.8 Å². The van der Waals surface area contributed by atoms with Crippen LogP contribution in [0.1, 0.15) is 53.4 Å². The third-order valence-electron chi connectivity index (χ3n) is 3.90. The Bertz CT molecular complexity index is 271. The monoisotopic (exact) mass is 258 g/mol. The molecule has 0 bridgehead atoms. The van der Waals surface area contributed by atoms with Gasteiger partial charge in [-0.25, -0.2) is 0 Å². The second kappa shape index (κ2) is 6.94. The Morgan fingerprint density at radius 2 is 1.65 bits per heavy atom. The van der Waals surface area contributed by atoms with Crippen molar-refractivity contribution >= 4 is 23.1 Å². The van der Waals surface area contributed by atoms with Gasteiger partial charge in [0.15, 0.2) is 0 Å². The van der Waals surface area contributed by atoms with Crippen molar-refractivity contribution in [1.29, 1.82) is 0 Å². The summed E-state index contributed by atoms with van der Waals surface area (Å²) < 4.78 is 0. The summed E-state index contributed by atoms with van der Waals surface area (Å²) >= 11 is 5.11. The number of thiocarbonyl (C=S) groups is 1. The van der Waals surface area contributed by atoms with Crippen LogP contribution in [-0.2, 0) is 4.79 Å². The highest BCUT2D eigenvalue weighted by Crippen LogP contribution is 2.30. The number of nitrogens with zero attached hydrogens (tertiary/aromatic N) is 1. The average Bonchev–Trinajstić information content (AvgIpc) is 2.32. The maximum absolute atomic E-state index is 12.6. The molecule has 0 saturated carbocycles. The first-order valence-corrected chi connectivity index (χ1v) is 6.89. The molecule has 0 aromatic carbocycles. The molecule has 0 heterocycles. The Hall–Kier alpha value is -0.640. The average molecular weight is 258 g/mol. The Morgan fingerprint density at radius 3 is 1.88 bits per heavy atom. The molecule has 4 heteroatoms. The quantitative estimate of drug-likeness (QED) is 0.714. The molecule has 1 amide bonds. The number of rotatable bonds is 7. The van der Waals surface area contributed by atoms with E-state index in [9.17, 15) is 4.79 Å². The van der Waals surface area contributed by atoms with Crippen LogP contribution in [-0.4, -0.2) is 28.9 Å². The summed E-state index contributed by atoms with van der Waals surface area (Å²) in [6.07, 6.45) is 3.25. The molecule has 0 aliphatic heterocycles. The molecule has 3 nitrogen and oxygen atoms in total. The molecule has 0 spiro atoms. The highest BCUT2D eigenvalue weighted by atomic mass is 32.1. The third-order valence-corrected chi connectivity index (χ3v) is 4.29. The van der Waals surface area contributed by atoms with Crippen LogP contribution in [0.15, 0.2) is 0 Å². The standard InChI is InChI=1S/C13H26N2OS/c1-6-10(7-2)15(5)12(16)13(8-3,9-4)11(14)17/h10H,6-9H2,1-5H3,(H2,14,17). The lowest BCUT2D eigenvalue weighted by Gasteiger charge is -2.37. The molecule has 0 unspecified atom stereocenters. The van der Waals surface area contributed by atoms with Crippen LogP contribution in [0.25, 0.3) is 0 Å². The molecule has 0 saturated heterocycles. The molecule has 0 fully saturated rings. The van der Waals surface area contributed by atoms with Gasteiger partial charge in [0.2, 0.25) is 5.91 Å². The highest BCUT2D eigenvalue weighted by Gasteiger charge is 2.41. The van der Waals surface area contributed by atoms with Crippen LogP contribution in [0, 0.1) is 5.41 Å². The van der Waals surface area contributed by atoms with E-state index in [0.717, 1.165) is 12.8 Å². The fourth-order valence-electron chi connectivity index (χ4n) is 2.35. The molecule has 0 aromatic heterocycles. The van der Waals surface area contributed by atoms with E-state index in [-0.39, 0.29) is 11.9 Å². The second-order valence-corrected chi connectivity index (χ2v) is 4.98. The van der Waals surface area contributed by atoms with E-state index in [0.29, 0.717) is 17.8 Å². The molecule has 0 atom stereocenters. The Balaban J connectivity index is 5.16. The molecule has 0 rings (SSSR count). The Labute approximate surface area is 111 Å². The fraction of sp³-hybridized carbons (Fsp3) is 0.846. The van der Waals surface area contributed by atoms with Gasteiger partial charge in [0.25, 0.3) is 0 Å². The van der Waals surface area contributed by atoms with Crippen molar-refractivity contribution < 1.29 is 4.79 Å². The fourth-order valence-corrected chi connectivity index (χ4v) is 2.72. The summed E-state index contributed by atoms with van der Waals surface area (Å²) in [6.45, 7) is 8.14. The van der Waals surface area contributed by atoms with Crippen molar-refractivity contribution in [2.45, 2.75) is 59.4 Å². The topological polar surface area (TPSA) is 46.3 Å². The summed E-state index contributed by atoms with van der Waals surface area (Å²) in [7, 11) is 1.86. The molecule has 100 valence electrons. The lowest BCUT2D eigenvalue weighted by atomic mass is 9.80. The van der Waals surface area contributed by atoms with Crippen LogP contribution in [0.2, 0.25) is 0 Å². The van der Waals surface area contributed by atoms with Gasteiger partial charge in [0, 0.05) is 13.1 Å². The van der Waals surface area contributed by atoms with E-state index in [1.54, 1.807) is 0 Å². The van der Waals surface area contributed by atoms with Crippen molar-refractivity contribution in [3.05, 3.63) is 0 Å². The first-order valence-electron chi connectivity index (χ1n) is 6.48. The number of carbonyl (C=O) groups excluding carboxylic acids is 1. The molecular formula is C13H26N2OS. The normalized spacial score (nSPS) is 11.6. The minimum atomic E-state index is -0.660. The molecule has 0 aliphatic carbocycles. The molecular weight excluding hydrogens is 232 g/mol. The van der Waals surface area contributed by atoms with Crippen molar-refractivity contribution in [2.75, 3.05) is 7.05 Å². The number of carbonyl (C=O) groups is 1. The van der Waals surface area contributed by atoms with Gasteiger partial charge >= 0.3 is 0 Å². The minimum absolute atomic E-state index is 0.0729. The van der Waals surface area contributed by atoms with Gasteiger partial charge in [-0.2, -0.15) is 0 Å². The number of hydrogen-bond donors (Lipinski definition) is 1. The maximum Gasteiger partial charge on any atom is 0.235 e. The first-order chi connectivity index (χ1) is 7.91. The lowest BCUT2D eigenvalue weighted by Crippen LogP contribution is -2.51. The zero-order valence-electron chi connectivity index (χ0n) is 11.7. The molecule has 0 radical (unpaired) electrons. The maximum atomic E-state index is 12.6. The van der Waals surface area contributed by atoms with E-state index < -0.39 is 5.41 Å². The van der Waals surface area contributed by atoms with Gasteiger partial charge in [-0.15, -0.1) is 0 Å². The lowest BCUT2D eigenvalue weighted by molar-refractivity contribution is -0.139. The van der Waals surface area contributed by atoms with Crippen molar-refractivity contribution in [3.8, 4) is 0 Å². The van der Waals surface area contributed by atoms with Crippen LogP contribution in [0.4, 0.5) is 0 Å². The van der Waals surface area contributed by atoms with Gasteiger partial charge in [-0.1, -0.05) is 39.9 Å². The Kier molecular flexibility index (Phi) is 6.68. The molecule has 0 aliphatic rings. The van der Waals surface area contributed by atoms with Crippen LogP contribution < -0.4 is 5.73 Å². The number of hydrogen-bond acceptors (Lipinski definition) is 2. The molecule has 2 N–H and O–H groups in total. The second-order valence-electron chi connectivity index (χ2n) is 4.54. The van der Waals surface area contributed by atoms with Crippen LogP contribution in [0.3, 0.4) is 0 Å². The smallest absolute Gasteiger partial charge is 0.235 e. The van der Waals surface area contributed by atoms with E-state index in [2.05, 4.69) is 13.8 Å². The largest absolute Gasteiger partial charge is 0.392 e. The van der Waals surface area contributed by atoms with E-state index >= 15 is 0 Å². The number of amides is 1. The third kappa shape index (κ3) is 3.18. The SMILES string of the molecule is CCC(CC)N(C)C(=O)C(CC)(CC)C(N)=S. The van der Waals surface area contributed by atoms with Crippen molar-refractivity contribution in [3.63, 3.8) is 0 Å². The Morgan fingerprint density at radius 1 is 1.24 bits per heavy atom. The minimum Gasteiger partial charge on any atom is -0.392 e. The van der Waals surface area contributed by atoms with Crippen molar-refractivity contribution in [1.82, 2.24) is 4.90 Å². The summed E-state index contributed by atoms with van der Waals surface area (Å²) in [4.78, 5) is 14.7. The van der Waals surface area contributed by atoms with E-state index in [4.69, 9.17) is 18.0 Å². The summed E-state index contributed by atoms with van der Waals surface area (Å²) in [5.41, 5.74) is 5.14. The zero-order chi connectivity index (χ0) is 13.6. The molecule has 17 heavy (non-hydrogen) atoms. The van der Waals surface area contributed by atoms with Gasteiger partial charge in [-0.3, -0.25) is 4.79 Å². The summed E-state index contributed by atoms with van der Waals surface area (Å²) in [5.74, 6) is 0.0729. The van der Waals surface area contributed by atoms with Gasteiger partial charge < -0.3 is 10.6 Å². The summed E-state index contributed by atoms with van der Waals surface area (Å²) in [6, 6.07) is 0.273. The van der Waals surface area contributed by atoms with Gasteiger partial charge in [-0.05, 0) is 25.7 Å². The molecule has 0 aromatic rings. The number of nitrogens with two attached hydrogens (primary N) is 1. The first kappa shape index (κ1) is 16.4. The highest BCUT2D eigenvalue weighted by molar-refractivity contribution is 7.80. The zero-order valence-corrected chi connectivity index (χ0v) is 12.6. The van der Waals surface area contributed by atoms with Gasteiger partial charge in [0.1, 0.15) is 0 Å². The van der Waals surface area contributed by atoms with Crippen LogP contribution >= 0.6 is 12.2 Å². The predicted octanol–water partition coefficient (Wildman–Crippen LogP) is 2.73. The van der Waals surface area contributed by atoms with E-state index in [1.165, 1.54) is 0 Å². The van der Waals surface area contributed by atoms with Crippen LogP contribution in [0.5, 0.6) is 0 Å². The summed E-state index contributed by atoms with van der Waals surface area (Å²) in [5, 5.41) is 0. The van der Waals surface area contributed by atoms with Gasteiger partial charge in [0.05, 0.1) is 10.4 Å². The van der Waals surface area contributed by atoms with Crippen molar-refractivity contribution in [2.24, 2.45) is 11.1 Å².